The Balaban J connectivity index is 0. The lowest BCUT2D eigenvalue weighted by atomic mass is 11.8. The largest absolute Gasteiger partial charge is 0.328 e. The lowest BCUT2D eigenvalue weighted by Gasteiger charge is -1.56. The van der Waals surface area contributed by atoms with Crippen LogP contribution in [0.4, 0.5) is 0 Å². The maximum atomic E-state index is 8.36. The van der Waals surface area contributed by atoms with Gasteiger partial charge in [-0.25, -0.2) is 0 Å². The molecule has 0 aromatic rings. The van der Waals surface area contributed by atoms with Gasteiger partial charge in [-0.1, -0.05) is 0 Å². The zero-order valence-electron chi connectivity index (χ0n) is 4.01. The predicted octanol–water partition coefficient (Wildman–Crippen LogP) is 0.334. The van der Waals surface area contributed by atoms with Crippen molar-refractivity contribution >= 4 is 11.8 Å². The first kappa shape index (κ1) is 10.5. The van der Waals surface area contributed by atoms with Crippen molar-refractivity contribution in [2.24, 2.45) is 0 Å². The van der Waals surface area contributed by atoms with E-state index < -0.39 is 5.09 Å². The van der Waals surface area contributed by atoms with Crippen LogP contribution >= 0.6 is 11.8 Å². The van der Waals surface area contributed by atoms with Crippen LogP contribution in [0.25, 0.3) is 0 Å². The summed E-state index contributed by atoms with van der Waals surface area (Å²) >= 11 is 0.574. The Kier molecular flexibility index (Phi) is 11.4. The number of nitriles is 2. The molecule has 0 rings (SSSR count). The first-order valence-electron chi connectivity index (χ1n) is 1.42. The van der Waals surface area contributed by atoms with Gasteiger partial charge >= 0.3 is 0 Å². The molecular formula is C2HN3O3S. The van der Waals surface area contributed by atoms with Gasteiger partial charge in [-0.15, -0.1) is 10.1 Å². The van der Waals surface area contributed by atoms with E-state index in [1.165, 1.54) is 0 Å². The van der Waals surface area contributed by atoms with Gasteiger partial charge in [0.05, 0.1) is 11.8 Å². The lowest BCUT2D eigenvalue weighted by molar-refractivity contribution is -0.742. The predicted molar refractivity (Wildman–Crippen MR) is 27.6 cm³/mol. The van der Waals surface area contributed by atoms with Crippen LogP contribution in [-0.2, 0) is 0 Å². The molecule has 0 radical (unpaired) electrons. The molecule has 0 spiro atoms. The third kappa shape index (κ3) is 477. The van der Waals surface area contributed by atoms with E-state index in [-0.39, 0.29) is 0 Å². The highest BCUT2D eigenvalue weighted by atomic mass is 32.2. The van der Waals surface area contributed by atoms with Gasteiger partial charge < -0.3 is 5.21 Å². The molecule has 0 unspecified atom stereocenters. The van der Waals surface area contributed by atoms with Crippen LogP contribution in [-0.4, -0.2) is 10.3 Å². The van der Waals surface area contributed by atoms with Crippen LogP contribution in [0.3, 0.4) is 0 Å². The highest BCUT2D eigenvalue weighted by molar-refractivity contribution is 8.07. The second kappa shape index (κ2) is 9.73. The zero-order valence-corrected chi connectivity index (χ0v) is 4.83. The maximum absolute atomic E-state index is 8.36. The van der Waals surface area contributed by atoms with Crippen LogP contribution < -0.4 is 0 Å². The summed E-state index contributed by atoms with van der Waals surface area (Å²) in [4.78, 5) is 8.36. The summed E-state index contributed by atoms with van der Waals surface area (Å²) in [5, 5.41) is 31.9. The van der Waals surface area contributed by atoms with Crippen molar-refractivity contribution in [1.29, 1.82) is 10.5 Å². The molecule has 0 bridgehead atoms. The molecule has 1 N–H and O–H groups in total. The van der Waals surface area contributed by atoms with Gasteiger partial charge in [0.1, 0.15) is 10.8 Å². The summed E-state index contributed by atoms with van der Waals surface area (Å²) in [6, 6.07) is 0. The van der Waals surface area contributed by atoms with E-state index in [2.05, 4.69) is 0 Å². The van der Waals surface area contributed by atoms with Gasteiger partial charge in [0.25, 0.3) is 5.09 Å². The highest BCUT2D eigenvalue weighted by Crippen LogP contribution is 1.85. The molecular weight excluding hydrogens is 146 g/mol. The van der Waals surface area contributed by atoms with Gasteiger partial charge in [-0.3, -0.25) is 0 Å². The fourth-order valence-corrected chi connectivity index (χ4v) is 0.0612. The monoisotopic (exact) mass is 147 g/mol. The number of thioether (sulfide) groups is 1. The normalized spacial score (nSPS) is 5.11. The van der Waals surface area contributed by atoms with Crippen molar-refractivity contribution in [3.8, 4) is 10.8 Å². The Morgan fingerprint density at radius 2 is 1.78 bits per heavy atom. The Labute approximate surface area is 54.4 Å². The fraction of sp³-hybridized carbons (Fsp3) is 0. The molecule has 0 aliphatic carbocycles. The minimum absolute atomic E-state index is 0.574. The summed E-state index contributed by atoms with van der Waals surface area (Å²) in [6.45, 7) is 0. The van der Waals surface area contributed by atoms with Gasteiger partial charge in [-0.2, -0.15) is 10.5 Å². The van der Waals surface area contributed by atoms with Gasteiger partial charge in [0, 0.05) is 0 Å². The van der Waals surface area contributed by atoms with Crippen molar-refractivity contribution in [3.05, 3.63) is 10.1 Å². The fourth-order valence-electron chi connectivity index (χ4n) is 0.0204. The summed E-state index contributed by atoms with van der Waals surface area (Å²) in [5.41, 5.74) is 0. The molecule has 0 heterocycles. The van der Waals surface area contributed by atoms with Gasteiger partial charge in [-0.05, 0) is 0 Å². The van der Waals surface area contributed by atoms with E-state index in [9.17, 15) is 0 Å². The van der Waals surface area contributed by atoms with E-state index in [0.29, 0.717) is 11.8 Å². The van der Waals surface area contributed by atoms with Crippen molar-refractivity contribution in [3.63, 3.8) is 0 Å². The SMILES string of the molecule is N#CSC#N.O=[N+]([O-])O. The second-order valence-corrected chi connectivity index (χ2v) is 1.09. The minimum atomic E-state index is -1.50. The number of thiocyanates is 2. The molecule has 48 valence electrons. The topological polar surface area (TPSA) is 111 Å². The van der Waals surface area contributed by atoms with E-state index >= 15 is 0 Å². The summed E-state index contributed by atoms with van der Waals surface area (Å²) in [7, 11) is 0. The molecule has 0 amide bonds. The number of nitrogens with zero attached hydrogens (tertiary/aromatic N) is 3. The molecule has 7 heteroatoms. The smallest absolute Gasteiger partial charge is 0.291 e. The van der Waals surface area contributed by atoms with E-state index in [1.807, 2.05) is 0 Å². The molecule has 9 heavy (non-hydrogen) atoms. The van der Waals surface area contributed by atoms with Crippen molar-refractivity contribution in [1.82, 2.24) is 0 Å². The van der Waals surface area contributed by atoms with Gasteiger partial charge in [0.15, 0.2) is 0 Å². The first-order chi connectivity index (χ1) is 4.15. The second-order valence-electron chi connectivity index (χ2n) is 0.522. The molecule has 0 saturated carbocycles. The molecule has 0 atom stereocenters. The molecule has 0 saturated heterocycles. The van der Waals surface area contributed by atoms with E-state index in [0.717, 1.165) is 0 Å². The maximum Gasteiger partial charge on any atom is 0.291 e. The van der Waals surface area contributed by atoms with Crippen molar-refractivity contribution < 1.29 is 10.3 Å². The highest BCUT2D eigenvalue weighted by Gasteiger charge is 1.65. The molecule has 6 nitrogen and oxygen atoms in total. The summed E-state index contributed by atoms with van der Waals surface area (Å²) in [6.07, 6.45) is 0. The van der Waals surface area contributed by atoms with E-state index in [1.54, 1.807) is 10.8 Å². The first-order valence-corrected chi connectivity index (χ1v) is 2.24. The number of hydrogen-bond acceptors (Lipinski definition) is 5. The standard InChI is InChI=1S/C2N2S.HNO3/c3-1-5-2-4;2-1(3)4/h;(H,2,3,4). The molecule has 0 aliphatic rings. The average Bonchev–Trinajstić information content (AvgIpc) is 1.66. The van der Waals surface area contributed by atoms with Crippen LogP contribution in [0, 0.1) is 31.4 Å². The van der Waals surface area contributed by atoms with Gasteiger partial charge in [0.2, 0.25) is 0 Å². The number of hydrogen-bond donors (Lipinski definition) is 1. The minimum Gasteiger partial charge on any atom is -0.328 e. The third-order valence-electron chi connectivity index (χ3n) is 0.0913. The van der Waals surface area contributed by atoms with E-state index in [4.69, 9.17) is 25.8 Å². The molecule has 0 aromatic carbocycles. The van der Waals surface area contributed by atoms with Crippen LogP contribution in [0.15, 0.2) is 0 Å². The Bertz CT molecular complexity index is 139. The van der Waals surface area contributed by atoms with Crippen LogP contribution in [0.2, 0.25) is 0 Å². The lowest BCUT2D eigenvalue weighted by Crippen LogP contribution is -1.81. The summed E-state index contributed by atoms with van der Waals surface area (Å²) < 4.78 is 0. The van der Waals surface area contributed by atoms with Crippen LogP contribution in [0.5, 0.6) is 0 Å². The third-order valence-corrected chi connectivity index (χ3v) is 0.274. The Morgan fingerprint density at radius 3 is 1.78 bits per heavy atom. The molecule has 0 fully saturated rings. The molecule has 0 aromatic heterocycles. The van der Waals surface area contributed by atoms with Crippen LogP contribution in [0.1, 0.15) is 0 Å². The zero-order chi connectivity index (χ0) is 7.70. The quantitative estimate of drug-likeness (QED) is 0.300. The molecule has 0 aliphatic heterocycles. The van der Waals surface area contributed by atoms with Crippen molar-refractivity contribution in [2.45, 2.75) is 0 Å². The Morgan fingerprint density at radius 1 is 1.56 bits per heavy atom. The van der Waals surface area contributed by atoms with Crippen molar-refractivity contribution in [2.75, 3.05) is 0 Å². The average molecular weight is 147 g/mol. The number of rotatable bonds is 0. The Hall–Kier alpha value is -1.47. The summed E-state index contributed by atoms with van der Waals surface area (Å²) in [5.74, 6) is 0.